The van der Waals surface area contributed by atoms with Crippen molar-refractivity contribution in [3.8, 4) is 0 Å². The first-order valence-corrected chi connectivity index (χ1v) is 9.85. The zero-order chi connectivity index (χ0) is 18.6. The molecule has 1 aliphatic carbocycles. The number of aromatic nitrogens is 1. The maximum atomic E-state index is 12.7. The van der Waals surface area contributed by atoms with Gasteiger partial charge in [0.1, 0.15) is 11.5 Å². The lowest BCUT2D eigenvalue weighted by molar-refractivity contribution is 0.0117. The minimum Gasteiger partial charge on any atom is -0.465 e. The van der Waals surface area contributed by atoms with Crippen LogP contribution in [0.3, 0.4) is 0 Å². The quantitative estimate of drug-likeness (QED) is 0.878. The summed E-state index contributed by atoms with van der Waals surface area (Å²) in [7, 11) is 0. The van der Waals surface area contributed by atoms with E-state index in [0.717, 1.165) is 43.1 Å². The lowest BCUT2D eigenvalue weighted by Crippen LogP contribution is -2.43. The van der Waals surface area contributed by atoms with Gasteiger partial charge in [0.2, 0.25) is 0 Å². The third-order valence-electron chi connectivity index (χ3n) is 5.46. The molecule has 1 amide bonds. The highest BCUT2D eigenvalue weighted by Crippen LogP contribution is 2.24. The van der Waals surface area contributed by atoms with Crippen LogP contribution < -0.4 is 5.32 Å². The van der Waals surface area contributed by atoms with Crippen LogP contribution in [0.15, 0.2) is 28.8 Å². The van der Waals surface area contributed by atoms with Gasteiger partial charge in [-0.2, -0.15) is 0 Å². The number of carbonyl (C=O) groups excluding carboxylic acids is 1. The van der Waals surface area contributed by atoms with Crippen LogP contribution in [0.2, 0.25) is 0 Å². The minimum atomic E-state index is -0.0718. The van der Waals surface area contributed by atoms with Crippen molar-refractivity contribution in [2.75, 3.05) is 32.8 Å². The third-order valence-corrected chi connectivity index (χ3v) is 5.46. The van der Waals surface area contributed by atoms with Gasteiger partial charge in [0.15, 0.2) is 0 Å². The Morgan fingerprint density at radius 2 is 2.07 bits per heavy atom. The van der Waals surface area contributed by atoms with E-state index in [-0.39, 0.29) is 11.9 Å². The third kappa shape index (κ3) is 4.22. The van der Waals surface area contributed by atoms with E-state index < -0.39 is 0 Å². The maximum absolute atomic E-state index is 12.7. The first-order chi connectivity index (χ1) is 13.2. The fourth-order valence-corrected chi connectivity index (χ4v) is 3.94. The van der Waals surface area contributed by atoms with Gasteiger partial charge in [-0.15, -0.1) is 0 Å². The number of ether oxygens (including phenoxy) is 1. The molecule has 0 aromatic carbocycles. The Labute approximate surface area is 159 Å². The molecule has 0 unspecified atom stereocenters. The number of nitrogens with zero attached hydrogens (tertiary/aromatic N) is 2. The summed E-state index contributed by atoms with van der Waals surface area (Å²) in [4.78, 5) is 19.6. The molecule has 0 bridgehead atoms. The number of hydrogen-bond donors (Lipinski definition) is 1. The second kappa shape index (κ2) is 8.23. The van der Waals surface area contributed by atoms with Gasteiger partial charge in [-0.25, -0.2) is 0 Å². The topological polar surface area (TPSA) is 67.6 Å². The standard InChI is InChI=1S/C21H27N3O3/c1-15-6-7-20(27-15)19(24-8-10-26-11-9-24)14-23-21(25)17-12-16-4-2-3-5-18(16)22-13-17/h6-7,12-13,19H,2-5,8-11,14H2,1H3,(H,23,25)/t19-/m1/s1. The van der Waals surface area contributed by atoms with Gasteiger partial charge < -0.3 is 14.5 Å². The summed E-state index contributed by atoms with van der Waals surface area (Å²) in [5.74, 6) is 1.70. The maximum Gasteiger partial charge on any atom is 0.252 e. The van der Waals surface area contributed by atoms with Crippen molar-refractivity contribution in [3.05, 3.63) is 52.7 Å². The average molecular weight is 369 g/mol. The average Bonchev–Trinajstić information content (AvgIpc) is 3.14. The van der Waals surface area contributed by atoms with E-state index in [4.69, 9.17) is 9.15 Å². The molecule has 27 heavy (non-hydrogen) atoms. The van der Waals surface area contributed by atoms with E-state index in [2.05, 4.69) is 15.2 Å². The first-order valence-electron chi connectivity index (χ1n) is 9.85. The van der Waals surface area contributed by atoms with Crippen molar-refractivity contribution < 1.29 is 13.9 Å². The van der Waals surface area contributed by atoms with Crippen molar-refractivity contribution >= 4 is 5.91 Å². The Hall–Kier alpha value is -2.18. The molecular formula is C21H27N3O3. The molecule has 0 saturated carbocycles. The molecule has 6 nitrogen and oxygen atoms in total. The zero-order valence-corrected chi connectivity index (χ0v) is 15.9. The summed E-state index contributed by atoms with van der Waals surface area (Å²) in [6, 6.07) is 6.00. The molecule has 2 aromatic heterocycles. The highest BCUT2D eigenvalue weighted by atomic mass is 16.5. The number of rotatable bonds is 5. The number of pyridine rings is 1. The van der Waals surface area contributed by atoms with Gasteiger partial charge in [-0.3, -0.25) is 14.7 Å². The Morgan fingerprint density at radius 3 is 2.85 bits per heavy atom. The van der Waals surface area contributed by atoms with E-state index in [1.165, 1.54) is 18.4 Å². The lowest BCUT2D eigenvalue weighted by Gasteiger charge is -2.33. The fraction of sp³-hybridized carbons (Fsp3) is 0.524. The SMILES string of the molecule is Cc1ccc([C@@H](CNC(=O)c2cnc3c(c2)CCCC3)N2CCOCC2)o1. The molecule has 144 valence electrons. The van der Waals surface area contributed by atoms with Gasteiger partial charge >= 0.3 is 0 Å². The minimum absolute atomic E-state index is 0.0112. The van der Waals surface area contributed by atoms with E-state index >= 15 is 0 Å². The fourth-order valence-electron chi connectivity index (χ4n) is 3.94. The van der Waals surface area contributed by atoms with Gasteiger partial charge in [0, 0.05) is 31.5 Å². The van der Waals surface area contributed by atoms with Crippen LogP contribution in [-0.4, -0.2) is 48.6 Å². The van der Waals surface area contributed by atoms with E-state index in [0.29, 0.717) is 25.3 Å². The molecule has 2 aromatic rings. The number of morpholine rings is 1. The van der Waals surface area contributed by atoms with Crippen LogP contribution in [0.4, 0.5) is 0 Å². The van der Waals surface area contributed by atoms with Crippen LogP contribution in [0.5, 0.6) is 0 Å². The second-order valence-corrected chi connectivity index (χ2v) is 7.36. The van der Waals surface area contributed by atoms with Crippen LogP contribution in [0, 0.1) is 6.92 Å². The van der Waals surface area contributed by atoms with Crippen molar-refractivity contribution in [2.24, 2.45) is 0 Å². The molecule has 1 fully saturated rings. The number of fused-ring (bicyclic) bond motifs is 1. The molecule has 1 aliphatic heterocycles. The number of aryl methyl sites for hydroxylation is 3. The number of amides is 1. The molecule has 1 atom stereocenters. The van der Waals surface area contributed by atoms with Crippen LogP contribution >= 0.6 is 0 Å². The predicted octanol–water partition coefficient (Wildman–Crippen LogP) is 2.67. The Kier molecular flexibility index (Phi) is 5.55. The molecule has 0 spiro atoms. The van der Waals surface area contributed by atoms with Crippen LogP contribution in [0.1, 0.15) is 52.0 Å². The van der Waals surface area contributed by atoms with Crippen molar-refractivity contribution in [2.45, 2.75) is 38.6 Å². The Balaban J connectivity index is 1.46. The van der Waals surface area contributed by atoms with Crippen LogP contribution in [-0.2, 0) is 17.6 Å². The highest BCUT2D eigenvalue weighted by molar-refractivity contribution is 5.94. The van der Waals surface area contributed by atoms with Crippen molar-refractivity contribution in [1.29, 1.82) is 0 Å². The molecule has 6 heteroatoms. The summed E-state index contributed by atoms with van der Waals surface area (Å²) in [6.07, 6.45) is 6.12. The van der Waals surface area contributed by atoms with E-state index in [1.54, 1.807) is 6.20 Å². The summed E-state index contributed by atoms with van der Waals surface area (Å²) in [5, 5.41) is 3.09. The summed E-state index contributed by atoms with van der Waals surface area (Å²) < 4.78 is 11.3. The second-order valence-electron chi connectivity index (χ2n) is 7.36. The van der Waals surface area contributed by atoms with Crippen LogP contribution in [0.25, 0.3) is 0 Å². The highest BCUT2D eigenvalue weighted by Gasteiger charge is 2.26. The first kappa shape index (κ1) is 18.2. The van der Waals surface area contributed by atoms with Gasteiger partial charge in [0.25, 0.3) is 5.91 Å². The molecule has 0 radical (unpaired) electrons. The summed E-state index contributed by atoms with van der Waals surface area (Å²) in [5.41, 5.74) is 3.02. The van der Waals surface area contributed by atoms with E-state index in [9.17, 15) is 4.79 Å². The predicted molar refractivity (Wildman–Crippen MR) is 102 cm³/mol. The van der Waals surface area contributed by atoms with Gasteiger partial charge in [0.05, 0.1) is 24.8 Å². The smallest absolute Gasteiger partial charge is 0.252 e. The molecule has 1 N–H and O–H groups in total. The zero-order valence-electron chi connectivity index (χ0n) is 15.9. The largest absolute Gasteiger partial charge is 0.465 e. The number of hydrogen-bond acceptors (Lipinski definition) is 5. The summed E-state index contributed by atoms with van der Waals surface area (Å²) >= 11 is 0. The monoisotopic (exact) mass is 369 g/mol. The normalized spacial score (nSPS) is 18.7. The molecule has 2 aliphatic rings. The lowest BCUT2D eigenvalue weighted by atomic mass is 9.95. The Bertz CT molecular complexity index is 796. The Morgan fingerprint density at radius 1 is 1.26 bits per heavy atom. The van der Waals surface area contributed by atoms with Crippen molar-refractivity contribution in [1.82, 2.24) is 15.2 Å². The number of carbonyl (C=O) groups is 1. The summed E-state index contributed by atoms with van der Waals surface area (Å²) in [6.45, 7) is 5.53. The number of nitrogens with one attached hydrogen (secondary N) is 1. The van der Waals surface area contributed by atoms with Gasteiger partial charge in [-0.05, 0) is 56.4 Å². The van der Waals surface area contributed by atoms with Gasteiger partial charge in [-0.1, -0.05) is 0 Å². The molecular weight excluding hydrogens is 342 g/mol. The molecule has 1 saturated heterocycles. The number of furan rings is 1. The molecule has 4 rings (SSSR count). The van der Waals surface area contributed by atoms with Crippen molar-refractivity contribution in [3.63, 3.8) is 0 Å². The molecule has 3 heterocycles. The van der Waals surface area contributed by atoms with E-state index in [1.807, 2.05) is 25.1 Å².